The Morgan fingerprint density at radius 3 is 2.58 bits per heavy atom. The van der Waals surface area contributed by atoms with Gasteiger partial charge < -0.3 is 5.32 Å². The maximum atomic E-state index is 13.4. The van der Waals surface area contributed by atoms with E-state index in [1.54, 1.807) is 12.1 Å². The van der Waals surface area contributed by atoms with Gasteiger partial charge in [-0.25, -0.2) is 4.39 Å². The van der Waals surface area contributed by atoms with Crippen LogP contribution in [0, 0.1) is 9.39 Å². The maximum Gasteiger partial charge on any atom is 0.255 e. The van der Waals surface area contributed by atoms with Crippen molar-refractivity contribution >= 4 is 66.0 Å². The van der Waals surface area contributed by atoms with Gasteiger partial charge >= 0.3 is 0 Å². The molecule has 0 aliphatic heterocycles. The molecule has 0 aromatic heterocycles. The highest BCUT2D eigenvalue weighted by Crippen LogP contribution is 2.24. The lowest BCUT2D eigenvalue weighted by Crippen LogP contribution is -2.13. The summed E-state index contributed by atoms with van der Waals surface area (Å²) >= 11 is 8.52. The molecule has 98 valence electrons. The van der Waals surface area contributed by atoms with Gasteiger partial charge in [0.05, 0.1) is 10.2 Å². The molecule has 0 atom stereocenters. The quantitative estimate of drug-likeness (QED) is 0.566. The molecular formula is C13H7Br2FINO. The first-order chi connectivity index (χ1) is 8.97. The van der Waals surface area contributed by atoms with Crippen LogP contribution in [0.1, 0.15) is 10.4 Å². The molecule has 0 spiro atoms. The molecule has 2 nitrogen and oxygen atoms in total. The van der Waals surface area contributed by atoms with E-state index in [2.05, 4.69) is 59.8 Å². The van der Waals surface area contributed by atoms with Crippen LogP contribution in [0.2, 0.25) is 0 Å². The van der Waals surface area contributed by atoms with E-state index in [-0.39, 0.29) is 11.5 Å². The minimum atomic E-state index is -0.461. The molecule has 0 radical (unpaired) electrons. The number of amides is 1. The second-order valence-corrected chi connectivity index (χ2v) is 6.64. The van der Waals surface area contributed by atoms with E-state index in [4.69, 9.17) is 0 Å². The standard InChI is InChI=1S/C13H7Br2FINO/c14-8-2-4-11(17)12(6-8)18-13(19)7-1-3-9(15)10(16)5-7/h1-6H,(H,18,19). The van der Waals surface area contributed by atoms with Gasteiger partial charge in [0.25, 0.3) is 5.91 Å². The molecule has 2 aromatic rings. The normalized spacial score (nSPS) is 10.3. The van der Waals surface area contributed by atoms with Crippen molar-refractivity contribution in [3.8, 4) is 0 Å². The fourth-order valence-corrected chi connectivity index (χ4v) is 2.50. The molecule has 0 fully saturated rings. The summed E-state index contributed by atoms with van der Waals surface area (Å²) in [6.07, 6.45) is 0. The van der Waals surface area contributed by atoms with E-state index in [1.165, 1.54) is 12.1 Å². The maximum absolute atomic E-state index is 13.4. The van der Waals surface area contributed by atoms with Gasteiger partial charge in [0.15, 0.2) is 0 Å². The number of rotatable bonds is 2. The van der Waals surface area contributed by atoms with Crippen LogP contribution in [0.5, 0.6) is 0 Å². The second-order valence-electron chi connectivity index (χ2n) is 3.71. The third kappa shape index (κ3) is 3.76. The first kappa shape index (κ1) is 14.9. The Labute approximate surface area is 140 Å². The smallest absolute Gasteiger partial charge is 0.255 e. The van der Waals surface area contributed by atoms with Crippen molar-refractivity contribution in [2.75, 3.05) is 5.32 Å². The van der Waals surface area contributed by atoms with E-state index in [1.807, 2.05) is 12.1 Å². The lowest BCUT2D eigenvalue weighted by molar-refractivity contribution is 0.102. The van der Waals surface area contributed by atoms with Crippen molar-refractivity contribution in [1.82, 2.24) is 0 Å². The van der Waals surface area contributed by atoms with Gasteiger partial charge in [-0.1, -0.05) is 15.9 Å². The third-order valence-electron chi connectivity index (χ3n) is 2.36. The Kier molecular flexibility index (Phi) is 4.97. The minimum Gasteiger partial charge on any atom is -0.321 e. The largest absolute Gasteiger partial charge is 0.321 e. The predicted molar refractivity (Wildman–Crippen MR) is 88.9 cm³/mol. The molecule has 0 heterocycles. The van der Waals surface area contributed by atoms with Gasteiger partial charge in [-0.3, -0.25) is 4.79 Å². The molecular weight excluding hydrogens is 492 g/mol. The lowest BCUT2D eigenvalue weighted by Gasteiger charge is -2.08. The highest BCUT2D eigenvalue weighted by atomic mass is 127. The summed E-state index contributed by atoms with van der Waals surface area (Å²) in [4.78, 5) is 12.0. The fourth-order valence-electron chi connectivity index (χ4n) is 1.43. The molecule has 0 aliphatic carbocycles. The molecule has 0 bridgehead atoms. The average Bonchev–Trinajstić information content (AvgIpc) is 2.37. The Morgan fingerprint density at radius 1 is 1.16 bits per heavy atom. The number of hydrogen-bond acceptors (Lipinski definition) is 1. The Hall–Kier alpha value is -0.470. The molecule has 6 heteroatoms. The van der Waals surface area contributed by atoms with Crippen LogP contribution in [-0.4, -0.2) is 5.91 Å². The Balaban J connectivity index is 2.25. The number of benzene rings is 2. The number of nitrogens with one attached hydrogen (secondary N) is 1. The van der Waals surface area contributed by atoms with Crippen LogP contribution in [0.25, 0.3) is 0 Å². The van der Waals surface area contributed by atoms with Crippen LogP contribution in [0.4, 0.5) is 10.1 Å². The van der Waals surface area contributed by atoms with Gasteiger partial charge in [0.2, 0.25) is 0 Å². The van der Waals surface area contributed by atoms with Gasteiger partial charge in [-0.2, -0.15) is 0 Å². The second kappa shape index (κ2) is 6.32. The van der Waals surface area contributed by atoms with Crippen molar-refractivity contribution in [2.24, 2.45) is 0 Å². The van der Waals surface area contributed by atoms with Crippen molar-refractivity contribution in [1.29, 1.82) is 0 Å². The summed E-state index contributed by atoms with van der Waals surface area (Å²) in [6, 6.07) is 9.84. The summed E-state index contributed by atoms with van der Waals surface area (Å²) < 4.78 is 15.5. The van der Waals surface area contributed by atoms with Crippen LogP contribution >= 0.6 is 54.5 Å². The van der Waals surface area contributed by atoms with Crippen molar-refractivity contribution < 1.29 is 9.18 Å². The summed E-state index contributed by atoms with van der Waals surface area (Å²) in [5.41, 5.74) is 0.958. The lowest BCUT2D eigenvalue weighted by atomic mass is 10.2. The van der Waals surface area contributed by atoms with Crippen molar-refractivity contribution in [3.63, 3.8) is 0 Å². The van der Waals surface area contributed by atoms with E-state index >= 15 is 0 Å². The number of hydrogen-bond donors (Lipinski definition) is 1. The number of anilines is 1. The van der Waals surface area contributed by atoms with E-state index in [9.17, 15) is 9.18 Å². The molecule has 0 saturated carbocycles. The number of carbonyl (C=O) groups is 1. The van der Waals surface area contributed by atoms with Crippen molar-refractivity contribution in [3.05, 3.63) is 60.3 Å². The molecule has 1 N–H and O–H groups in total. The summed E-state index contributed by atoms with van der Waals surface area (Å²) in [5, 5.41) is 2.76. The Morgan fingerprint density at radius 2 is 1.89 bits per heavy atom. The van der Waals surface area contributed by atoms with Crippen LogP contribution in [0.15, 0.2) is 45.3 Å². The summed E-state index contributed by atoms with van der Waals surface area (Å²) in [7, 11) is 0. The molecule has 2 rings (SSSR count). The summed E-state index contributed by atoms with van der Waals surface area (Å²) in [5.74, 6) is -0.806. The van der Waals surface area contributed by atoms with Crippen LogP contribution in [0.3, 0.4) is 0 Å². The first-order valence-corrected chi connectivity index (χ1v) is 7.85. The number of halogens is 4. The fraction of sp³-hybridized carbons (Fsp3) is 0. The molecule has 19 heavy (non-hydrogen) atoms. The average molecular weight is 499 g/mol. The van der Waals surface area contributed by atoms with E-state index < -0.39 is 5.82 Å². The highest BCUT2D eigenvalue weighted by molar-refractivity contribution is 14.1. The van der Waals surface area contributed by atoms with Gasteiger partial charge in [0, 0.05) is 13.6 Å². The van der Waals surface area contributed by atoms with Gasteiger partial charge in [-0.15, -0.1) is 0 Å². The number of carbonyl (C=O) groups excluding carboxylic acids is 1. The van der Waals surface area contributed by atoms with E-state index in [0.29, 0.717) is 10.2 Å². The molecule has 0 unspecified atom stereocenters. The van der Waals surface area contributed by atoms with Gasteiger partial charge in [0.1, 0.15) is 5.82 Å². The molecule has 2 aromatic carbocycles. The molecule has 1 amide bonds. The molecule has 0 saturated heterocycles. The zero-order chi connectivity index (χ0) is 14.0. The summed E-state index contributed by atoms with van der Waals surface area (Å²) in [6.45, 7) is 0. The van der Waals surface area contributed by atoms with Crippen LogP contribution < -0.4 is 5.32 Å². The minimum absolute atomic E-state index is 0.275. The molecule has 0 aliphatic rings. The van der Waals surface area contributed by atoms with Gasteiger partial charge in [-0.05, 0) is 74.9 Å². The predicted octanol–water partition coefficient (Wildman–Crippen LogP) is 5.21. The Bertz CT molecular complexity index is 649. The third-order valence-corrected chi connectivity index (χ3v) is 4.44. The van der Waals surface area contributed by atoms with Crippen molar-refractivity contribution in [2.45, 2.75) is 0 Å². The first-order valence-electron chi connectivity index (χ1n) is 5.19. The van der Waals surface area contributed by atoms with Crippen LogP contribution in [-0.2, 0) is 0 Å². The van der Waals surface area contributed by atoms with E-state index in [0.717, 1.165) is 8.04 Å². The topological polar surface area (TPSA) is 29.1 Å². The SMILES string of the molecule is O=C(Nc1cc(Br)ccc1I)c1ccc(Br)c(F)c1. The highest BCUT2D eigenvalue weighted by Gasteiger charge is 2.10. The zero-order valence-corrected chi connectivity index (χ0v) is 14.7. The monoisotopic (exact) mass is 497 g/mol. The zero-order valence-electron chi connectivity index (χ0n) is 9.38.